The van der Waals surface area contributed by atoms with Crippen molar-refractivity contribution in [2.75, 3.05) is 5.32 Å². The van der Waals surface area contributed by atoms with Crippen molar-refractivity contribution in [1.82, 2.24) is 20.0 Å². The molecule has 0 fully saturated rings. The molecule has 108 valence electrons. The van der Waals surface area contributed by atoms with Gasteiger partial charge in [0.15, 0.2) is 0 Å². The summed E-state index contributed by atoms with van der Waals surface area (Å²) in [5.74, 6) is 0.432. The Morgan fingerprint density at radius 3 is 3.14 bits per heavy atom. The Hall–Kier alpha value is -2.83. The summed E-state index contributed by atoms with van der Waals surface area (Å²) in [6, 6.07) is 7.92. The molecule has 7 heteroatoms. The van der Waals surface area contributed by atoms with E-state index >= 15 is 0 Å². The number of hydrogen-bond donors (Lipinski definition) is 3. The number of amides is 1. The lowest BCUT2D eigenvalue weighted by Gasteiger charge is -2.04. The number of nitrogens with zero attached hydrogens (tertiary/aromatic N) is 3. The number of aromatic amines is 1. The van der Waals surface area contributed by atoms with Gasteiger partial charge in [-0.05, 0) is 5.56 Å². The van der Waals surface area contributed by atoms with Crippen molar-refractivity contribution in [3.63, 3.8) is 0 Å². The van der Waals surface area contributed by atoms with Gasteiger partial charge in [-0.1, -0.05) is 18.2 Å². The third kappa shape index (κ3) is 3.02. The van der Waals surface area contributed by atoms with Gasteiger partial charge in [0.2, 0.25) is 5.91 Å². The van der Waals surface area contributed by atoms with Crippen LogP contribution < -0.4 is 11.1 Å². The Bertz CT molecular complexity index is 760. The zero-order chi connectivity index (χ0) is 14.7. The molecule has 4 N–H and O–H groups in total. The van der Waals surface area contributed by atoms with E-state index in [4.69, 9.17) is 5.73 Å². The third-order valence-electron chi connectivity index (χ3n) is 3.25. The Morgan fingerprint density at radius 2 is 2.29 bits per heavy atom. The second-order valence-corrected chi connectivity index (χ2v) is 4.79. The SMILES string of the molecule is NC(=O)CCn1ccc(NCc2cccc3cn[nH]c23)n1. The zero-order valence-corrected chi connectivity index (χ0v) is 11.4. The van der Waals surface area contributed by atoms with Gasteiger partial charge in [-0.15, -0.1) is 0 Å². The lowest BCUT2D eigenvalue weighted by Crippen LogP contribution is -2.14. The highest BCUT2D eigenvalue weighted by molar-refractivity contribution is 5.81. The fourth-order valence-corrected chi connectivity index (χ4v) is 2.17. The summed E-state index contributed by atoms with van der Waals surface area (Å²) in [5.41, 5.74) is 7.27. The minimum absolute atomic E-state index is 0.286. The molecule has 3 aromatic rings. The molecule has 21 heavy (non-hydrogen) atoms. The summed E-state index contributed by atoms with van der Waals surface area (Å²) in [6.45, 7) is 1.14. The molecule has 1 amide bonds. The Kier molecular flexibility index (Phi) is 3.55. The molecule has 0 unspecified atom stereocenters. The summed E-state index contributed by atoms with van der Waals surface area (Å²) in [7, 11) is 0. The first-order valence-electron chi connectivity index (χ1n) is 6.69. The van der Waals surface area contributed by atoms with Crippen LogP contribution in [0.3, 0.4) is 0 Å². The van der Waals surface area contributed by atoms with Crippen LogP contribution in [0.1, 0.15) is 12.0 Å². The summed E-state index contributed by atoms with van der Waals surface area (Å²) in [4.78, 5) is 10.7. The number of hydrogen-bond acceptors (Lipinski definition) is 4. The molecule has 2 heterocycles. The molecule has 0 radical (unpaired) electrons. The van der Waals surface area contributed by atoms with Crippen LogP contribution in [-0.2, 0) is 17.9 Å². The number of para-hydroxylation sites is 1. The normalized spacial score (nSPS) is 10.9. The number of nitrogens with one attached hydrogen (secondary N) is 2. The number of primary amides is 1. The van der Waals surface area contributed by atoms with Crippen molar-refractivity contribution < 1.29 is 4.79 Å². The summed E-state index contributed by atoms with van der Waals surface area (Å²) < 4.78 is 1.70. The monoisotopic (exact) mass is 284 g/mol. The van der Waals surface area contributed by atoms with Crippen molar-refractivity contribution >= 4 is 22.6 Å². The summed E-state index contributed by atoms with van der Waals surface area (Å²) >= 11 is 0. The minimum atomic E-state index is -0.328. The number of fused-ring (bicyclic) bond motifs is 1. The van der Waals surface area contributed by atoms with E-state index < -0.39 is 0 Å². The molecule has 0 spiro atoms. The number of aryl methyl sites for hydroxylation is 1. The molecule has 2 aromatic heterocycles. The van der Waals surface area contributed by atoms with Crippen molar-refractivity contribution in [3.8, 4) is 0 Å². The molecule has 0 saturated heterocycles. The topological polar surface area (TPSA) is 102 Å². The molecule has 0 atom stereocenters. The highest BCUT2D eigenvalue weighted by Crippen LogP contribution is 2.16. The lowest BCUT2D eigenvalue weighted by atomic mass is 10.1. The van der Waals surface area contributed by atoms with Crippen LogP contribution in [0.5, 0.6) is 0 Å². The Labute approximate surface area is 121 Å². The van der Waals surface area contributed by atoms with Gasteiger partial charge < -0.3 is 11.1 Å². The van der Waals surface area contributed by atoms with Crippen molar-refractivity contribution in [2.24, 2.45) is 5.73 Å². The molecular weight excluding hydrogens is 268 g/mol. The zero-order valence-electron chi connectivity index (χ0n) is 11.4. The first-order chi connectivity index (χ1) is 10.2. The van der Waals surface area contributed by atoms with Crippen molar-refractivity contribution in [2.45, 2.75) is 19.5 Å². The highest BCUT2D eigenvalue weighted by Gasteiger charge is 2.04. The maximum atomic E-state index is 10.7. The van der Waals surface area contributed by atoms with E-state index in [1.807, 2.05) is 30.5 Å². The average molecular weight is 284 g/mol. The lowest BCUT2D eigenvalue weighted by molar-refractivity contribution is -0.118. The van der Waals surface area contributed by atoms with Crippen LogP contribution in [0.4, 0.5) is 5.82 Å². The van der Waals surface area contributed by atoms with E-state index in [9.17, 15) is 4.79 Å². The molecule has 0 aliphatic carbocycles. The standard InChI is InChI=1S/C14H16N6O/c15-12(21)4-6-20-7-5-13(19-20)16-8-10-2-1-3-11-9-17-18-14(10)11/h1-3,5,7,9H,4,6,8H2,(H2,15,21)(H,16,19)(H,17,18). The van der Waals surface area contributed by atoms with E-state index in [1.54, 1.807) is 10.9 Å². The van der Waals surface area contributed by atoms with Gasteiger partial charge >= 0.3 is 0 Å². The molecule has 1 aromatic carbocycles. The number of benzene rings is 1. The van der Waals surface area contributed by atoms with E-state index in [0.717, 1.165) is 22.3 Å². The van der Waals surface area contributed by atoms with Gasteiger partial charge in [0.25, 0.3) is 0 Å². The van der Waals surface area contributed by atoms with Gasteiger partial charge in [0, 0.05) is 37.2 Å². The fourth-order valence-electron chi connectivity index (χ4n) is 2.17. The number of carbonyl (C=O) groups is 1. The first kappa shape index (κ1) is 13.2. The quantitative estimate of drug-likeness (QED) is 0.634. The predicted molar refractivity (Wildman–Crippen MR) is 79.5 cm³/mol. The smallest absolute Gasteiger partial charge is 0.219 e. The second kappa shape index (κ2) is 5.66. The van der Waals surface area contributed by atoms with E-state index in [0.29, 0.717) is 13.1 Å². The van der Waals surface area contributed by atoms with Crippen molar-refractivity contribution in [1.29, 1.82) is 0 Å². The van der Waals surface area contributed by atoms with Gasteiger partial charge in [-0.3, -0.25) is 14.6 Å². The van der Waals surface area contributed by atoms with E-state index in [2.05, 4.69) is 20.6 Å². The van der Waals surface area contributed by atoms with E-state index in [1.165, 1.54) is 0 Å². The third-order valence-corrected chi connectivity index (χ3v) is 3.25. The van der Waals surface area contributed by atoms with Crippen LogP contribution in [0, 0.1) is 0 Å². The van der Waals surface area contributed by atoms with Crippen molar-refractivity contribution in [3.05, 3.63) is 42.2 Å². The molecular formula is C14H16N6O. The Balaban J connectivity index is 1.65. The fraction of sp³-hybridized carbons (Fsp3) is 0.214. The average Bonchev–Trinajstić information content (AvgIpc) is 3.12. The maximum Gasteiger partial charge on any atom is 0.219 e. The number of rotatable bonds is 6. The van der Waals surface area contributed by atoms with Crippen LogP contribution >= 0.6 is 0 Å². The van der Waals surface area contributed by atoms with Crippen LogP contribution in [0.15, 0.2) is 36.7 Å². The largest absolute Gasteiger partial charge is 0.370 e. The van der Waals surface area contributed by atoms with Crippen LogP contribution in [0.2, 0.25) is 0 Å². The number of H-pyrrole nitrogens is 1. The molecule has 3 rings (SSSR count). The highest BCUT2D eigenvalue weighted by atomic mass is 16.1. The molecule has 7 nitrogen and oxygen atoms in total. The van der Waals surface area contributed by atoms with Gasteiger partial charge in [0.05, 0.1) is 11.7 Å². The summed E-state index contributed by atoms with van der Waals surface area (Å²) in [6.07, 6.45) is 3.91. The molecule has 0 aliphatic rings. The van der Waals surface area contributed by atoms with Crippen LogP contribution in [0.25, 0.3) is 10.9 Å². The number of anilines is 1. The number of aromatic nitrogens is 4. The maximum absolute atomic E-state index is 10.7. The second-order valence-electron chi connectivity index (χ2n) is 4.79. The van der Waals surface area contributed by atoms with Gasteiger partial charge in [-0.2, -0.15) is 10.2 Å². The Morgan fingerprint density at radius 1 is 1.38 bits per heavy atom. The molecule has 0 bridgehead atoms. The summed E-state index contributed by atoms with van der Waals surface area (Å²) in [5, 5.41) is 15.7. The van der Waals surface area contributed by atoms with E-state index in [-0.39, 0.29) is 12.3 Å². The molecule has 0 aliphatic heterocycles. The first-order valence-corrected chi connectivity index (χ1v) is 6.69. The predicted octanol–water partition coefficient (Wildman–Crippen LogP) is 1.25. The number of carbonyl (C=O) groups excluding carboxylic acids is 1. The number of nitrogens with two attached hydrogens (primary N) is 1. The molecule has 0 saturated carbocycles. The van der Waals surface area contributed by atoms with Gasteiger partial charge in [0.1, 0.15) is 5.82 Å². The van der Waals surface area contributed by atoms with Gasteiger partial charge in [-0.25, -0.2) is 0 Å². The minimum Gasteiger partial charge on any atom is -0.370 e. The van der Waals surface area contributed by atoms with Crippen LogP contribution in [-0.4, -0.2) is 25.9 Å².